The third kappa shape index (κ3) is 5.36. The fourth-order valence-electron chi connectivity index (χ4n) is 4.44. The molecule has 0 aromatic heterocycles. The molecule has 1 fully saturated rings. The van der Waals surface area contributed by atoms with Crippen molar-refractivity contribution in [3.05, 3.63) is 47.0 Å². The first-order chi connectivity index (χ1) is 15.7. The van der Waals surface area contributed by atoms with Crippen molar-refractivity contribution in [2.24, 2.45) is 0 Å². The van der Waals surface area contributed by atoms with E-state index in [-0.39, 0.29) is 12.6 Å². The normalized spacial score (nSPS) is 16.9. The van der Waals surface area contributed by atoms with Crippen LogP contribution in [0.2, 0.25) is 5.02 Å². The third-order valence-electron chi connectivity index (χ3n) is 5.72. The van der Waals surface area contributed by atoms with Crippen LogP contribution in [0.4, 0.5) is 10.5 Å². The minimum Gasteiger partial charge on any atom is -0.482 e. The Labute approximate surface area is 198 Å². The predicted molar refractivity (Wildman–Crippen MR) is 126 cm³/mol. The van der Waals surface area contributed by atoms with E-state index in [1.807, 2.05) is 26.8 Å². The Morgan fingerprint density at radius 2 is 1.70 bits per heavy atom. The number of anilines is 1. The summed E-state index contributed by atoms with van der Waals surface area (Å²) in [6, 6.07) is 10.3. The van der Waals surface area contributed by atoms with Gasteiger partial charge in [0.05, 0.1) is 16.2 Å². The van der Waals surface area contributed by atoms with E-state index in [0.717, 1.165) is 37.7 Å². The second-order valence-electron chi connectivity index (χ2n) is 9.47. The number of rotatable bonds is 5. The van der Waals surface area contributed by atoms with Crippen LogP contribution in [0, 0.1) is 0 Å². The molecule has 4 rings (SSSR count). The van der Waals surface area contributed by atoms with Crippen LogP contribution >= 0.6 is 11.6 Å². The Kier molecular flexibility index (Phi) is 6.43. The summed E-state index contributed by atoms with van der Waals surface area (Å²) in [5.74, 6) is 1.35. The highest BCUT2D eigenvalue weighted by molar-refractivity contribution is 6.34. The number of carbonyl (C=O) groups is 2. The van der Waals surface area contributed by atoms with E-state index in [1.54, 1.807) is 30.3 Å². The number of hydrogen-bond donors (Lipinski definition) is 2. The molecule has 2 N–H and O–H groups in total. The lowest BCUT2D eigenvalue weighted by Crippen LogP contribution is -2.52. The lowest BCUT2D eigenvalue weighted by molar-refractivity contribution is -0.157. The molecule has 0 bridgehead atoms. The van der Waals surface area contributed by atoms with Crippen molar-refractivity contribution < 1.29 is 23.8 Å². The number of esters is 1. The summed E-state index contributed by atoms with van der Waals surface area (Å²) in [5, 5.41) is 6.48. The van der Waals surface area contributed by atoms with Crippen LogP contribution in [0.25, 0.3) is 0 Å². The van der Waals surface area contributed by atoms with Gasteiger partial charge in [-0.05, 0) is 70.0 Å². The van der Waals surface area contributed by atoms with E-state index in [1.165, 1.54) is 0 Å². The van der Waals surface area contributed by atoms with Crippen LogP contribution in [-0.4, -0.2) is 24.2 Å². The Bertz CT molecular complexity index is 1040. The summed E-state index contributed by atoms with van der Waals surface area (Å²) in [6.07, 6.45) is 4.86. The van der Waals surface area contributed by atoms with Crippen molar-refractivity contribution in [3.63, 3.8) is 0 Å². The molecule has 0 atom stereocenters. The number of hydrogen-bond acceptors (Lipinski definition) is 5. The number of amides is 2. The van der Waals surface area contributed by atoms with Gasteiger partial charge in [-0.25, -0.2) is 9.59 Å². The number of halogens is 1. The molecule has 176 valence electrons. The minimum atomic E-state index is -0.556. The lowest BCUT2D eigenvalue weighted by atomic mass is 9.74. The van der Waals surface area contributed by atoms with Crippen LogP contribution < -0.4 is 20.1 Å². The van der Waals surface area contributed by atoms with Gasteiger partial charge >= 0.3 is 12.0 Å². The Hall–Kier alpha value is -2.93. The molecule has 33 heavy (non-hydrogen) atoms. The summed E-state index contributed by atoms with van der Waals surface area (Å²) in [6.45, 7) is 5.26. The van der Waals surface area contributed by atoms with Gasteiger partial charge in [0.1, 0.15) is 22.8 Å². The van der Waals surface area contributed by atoms with Gasteiger partial charge in [-0.3, -0.25) is 0 Å². The molecular weight excluding hydrogens is 444 g/mol. The highest BCUT2D eigenvalue weighted by atomic mass is 35.5. The van der Waals surface area contributed by atoms with Crippen LogP contribution in [0.5, 0.6) is 17.2 Å². The highest BCUT2D eigenvalue weighted by Crippen LogP contribution is 2.50. The second-order valence-corrected chi connectivity index (χ2v) is 9.87. The fraction of sp³-hybridized carbons (Fsp3) is 0.440. The number of carbonyl (C=O) groups excluding carboxylic acids is 2. The topological polar surface area (TPSA) is 85.9 Å². The van der Waals surface area contributed by atoms with Gasteiger partial charge in [0.25, 0.3) is 0 Å². The van der Waals surface area contributed by atoms with Crippen molar-refractivity contribution in [1.82, 2.24) is 5.32 Å². The lowest BCUT2D eigenvalue weighted by Gasteiger charge is -2.43. The summed E-state index contributed by atoms with van der Waals surface area (Å²) >= 11 is 6.45. The standard InChI is InChI=1S/C25H29ClN2O5/c1-24(2,3)33-20(29)15-31-16-7-9-17(10-8-16)32-19-12-11-18(26)22-21(19)25(28-23(30)27-22)13-5-4-6-14-25/h7-12H,4-6,13-15H2,1-3H3,(H2,27,28,30). The first-order valence-electron chi connectivity index (χ1n) is 11.2. The molecule has 2 aromatic rings. The van der Waals surface area contributed by atoms with Crippen molar-refractivity contribution in [3.8, 4) is 17.2 Å². The van der Waals surface area contributed by atoms with Gasteiger partial charge in [-0.15, -0.1) is 0 Å². The Morgan fingerprint density at radius 3 is 2.36 bits per heavy atom. The minimum absolute atomic E-state index is 0.171. The molecule has 1 aliphatic heterocycles. The molecule has 7 nitrogen and oxygen atoms in total. The maximum Gasteiger partial charge on any atom is 0.344 e. The van der Waals surface area contributed by atoms with Crippen LogP contribution in [0.15, 0.2) is 36.4 Å². The molecule has 1 heterocycles. The van der Waals surface area contributed by atoms with Gasteiger partial charge in [0, 0.05) is 5.56 Å². The number of fused-ring (bicyclic) bond motifs is 2. The maximum absolute atomic E-state index is 12.4. The van der Waals surface area contributed by atoms with Gasteiger partial charge in [0.2, 0.25) is 0 Å². The van der Waals surface area contributed by atoms with Gasteiger partial charge in [0.15, 0.2) is 6.61 Å². The summed E-state index contributed by atoms with van der Waals surface area (Å²) < 4.78 is 17.0. The predicted octanol–water partition coefficient (Wildman–Crippen LogP) is 6.15. The molecule has 1 aliphatic carbocycles. The monoisotopic (exact) mass is 472 g/mol. The molecule has 1 spiro atoms. The maximum atomic E-state index is 12.4. The van der Waals surface area contributed by atoms with Crippen molar-refractivity contribution in [1.29, 1.82) is 0 Å². The number of urea groups is 1. The van der Waals surface area contributed by atoms with E-state index >= 15 is 0 Å². The first-order valence-corrected chi connectivity index (χ1v) is 11.6. The van der Waals surface area contributed by atoms with Crippen LogP contribution in [0.1, 0.15) is 58.4 Å². The van der Waals surface area contributed by atoms with E-state index in [2.05, 4.69) is 10.6 Å². The number of ether oxygens (including phenoxy) is 3. The molecule has 1 saturated carbocycles. The largest absolute Gasteiger partial charge is 0.482 e. The third-order valence-corrected chi connectivity index (χ3v) is 6.04. The first kappa shape index (κ1) is 23.2. The molecule has 2 aliphatic rings. The van der Waals surface area contributed by atoms with Crippen molar-refractivity contribution in [2.45, 2.75) is 64.0 Å². The SMILES string of the molecule is CC(C)(C)OC(=O)COc1ccc(Oc2ccc(Cl)c3c2C2(CCCCC2)NC(=O)N3)cc1. The zero-order chi connectivity index (χ0) is 23.6. The molecule has 0 unspecified atom stereocenters. The molecule has 0 radical (unpaired) electrons. The molecule has 0 saturated heterocycles. The van der Waals surface area contributed by atoms with E-state index in [0.29, 0.717) is 28.0 Å². The van der Waals surface area contributed by atoms with E-state index < -0.39 is 17.1 Å². The number of benzene rings is 2. The summed E-state index contributed by atoms with van der Waals surface area (Å²) in [5.41, 5.74) is 0.448. The zero-order valence-electron chi connectivity index (χ0n) is 19.1. The van der Waals surface area contributed by atoms with Crippen LogP contribution in [-0.2, 0) is 15.1 Å². The average Bonchev–Trinajstić information content (AvgIpc) is 2.74. The smallest absolute Gasteiger partial charge is 0.344 e. The zero-order valence-corrected chi connectivity index (χ0v) is 19.9. The molecule has 2 aromatic carbocycles. The summed E-state index contributed by atoms with van der Waals surface area (Å²) in [7, 11) is 0. The fourth-order valence-corrected chi connectivity index (χ4v) is 4.64. The number of nitrogens with one attached hydrogen (secondary N) is 2. The second kappa shape index (κ2) is 9.14. The van der Waals surface area contributed by atoms with E-state index in [4.69, 9.17) is 25.8 Å². The quantitative estimate of drug-likeness (QED) is 0.510. The molecular formula is C25H29ClN2O5. The van der Waals surface area contributed by atoms with Gasteiger partial charge in [-0.1, -0.05) is 30.9 Å². The molecule has 2 amide bonds. The molecule has 8 heteroatoms. The van der Waals surface area contributed by atoms with Crippen molar-refractivity contribution >= 4 is 29.3 Å². The van der Waals surface area contributed by atoms with Crippen LogP contribution in [0.3, 0.4) is 0 Å². The highest BCUT2D eigenvalue weighted by Gasteiger charge is 2.43. The average molecular weight is 473 g/mol. The van der Waals surface area contributed by atoms with Crippen molar-refractivity contribution in [2.75, 3.05) is 11.9 Å². The van der Waals surface area contributed by atoms with Gasteiger partial charge < -0.3 is 24.8 Å². The van der Waals surface area contributed by atoms with Gasteiger partial charge in [-0.2, -0.15) is 0 Å². The van der Waals surface area contributed by atoms with E-state index in [9.17, 15) is 9.59 Å². The Balaban J connectivity index is 1.53. The Morgan fingerprint density at radius 1 is 1.03 bits per heavy atom. The summed E-state index contributed by atoms with van der Waals surface area (Å²) in [4.78, 5) is 24.2.